The Kier molecular flexibility index (Phi) is 3.98. The smallest absolute Gasteiger partial charge is 0.185 e. The zero-order valence-corrected chi connectivity index (χ0v) is 17.4. The molecule has 0 saturated carbocycles. The van der Waals surface area contributed by atoms with Crippen LogP contribution in [0, 0.1) is 13.8 Å². The topological polar surface area (TPSA) is 72.3 Å². The summed E-state index contributed by atoms with van der Waals surface area (Å²) in [4.78, 5) is 2.36. The Hall–Kier alpha value is -3.15. The third kappa shape index (κ3) is 2.82. The van der Waals surface area contributed by atoms with E-state index in [0.29, 0.717) is 0 Å². The molecule has 6 nitrogen and oxygen atoms in total. The quantitative estimate of drug-likeness (QED) is 0.524. The highest BCUT2D eigenvalue weighted by Gasteiger charge is 2.24. The van der Waals surface area contributed by atoms with Crippen LogP contribution in [0.2, 0.25) is 0 Å². The first-order valence-corrected chi connectivity index (χ1v) is 10.2. The average Bonchev–Trinajstić information content (AvgIpc) is 3.11. The zero-order chi connectivity index (χ0) is 20.3. The van der Waals surface area contributed by atoms with Crippen LogP contribution in [0.4, 0.5) is 11.5 Å². The minimum Gasteiger partial charge on any atom is -0.399 e. The molecule has 0 aliphatic carbocycles. The van der Waals surface area contributed by atoms with Crippen molar-refractivity contribution < 1.29 is 0 Å². The molecule has 0 fully saturated rings. The number of nitrogens with two attached hydrogens (primary N) is 1. The van der Waals surface area contributed by atoms with Crippen molar-refractivity contribution in [2.45, 2.75) is 46.6 Å². The van der Waals surface area contributed by atoms with Gasteiger partial charge >= 0.3 is 0 Å². The van der Waals surface area contributed by atoms with E-state index >= 15 is 0 Å². The molecule has 0 spiro atoms. The highest BCUT2D eigenvalue weighted by molar-refractivity contribution is 6.00. The molecule has 2 aromatic heterocycles. The summed E-state index contributed by atoms with van der Waals surface area (Å²) < 4.78 is 1.93. The van der Waals surface area contributed by atoms with Gasteiger partial charge in [-0.25, -0.2) is 0 Å². The average molecular weight is 387 g/mol. The van der Waals surface area contributed by atoms with E-state index in [0.717, 1.165) is 53.3 Å². The molecule has 0 amide bonds. The second-order valence-electron chi connectivity index (χ2n) is 8.47. The van der Waals surface area contributed by atoms with E-state index in [4.69, 9.17) is 10.8 Å². The molecule has 5 rings (SSSR count). The van der Waals surface area contributed by atoms with Crippen LogP contribution in [0.3, 0.4) is 0 Å². The number of fused-ring (bicyclic) bond motifs is 4. The number of nitrogens with zero attached hydrogens (tertiary/aromatic N) is 5. The van der Waals surface area contributed by atoms with Gasteiger partial charge in [-0.3, -0.25) is 0 Å². The number of nitrogen functional groups attached to an aromatic ring is 1. The zero-order valence-electron chi connectivity index (χ0n) is 17.4. The van der Waals surface area contributed by atoms with Gasteiger partial charge in [0.05, 0.1) is 0 Å². The highest BCUT2D eigenvalue weighted by Crippen LogP contribution is 2.33. The third-order valence-corrected chi connectivity index (χ3v) is 5.91. The predicted octanol–water partition coefficient (Wildman–Crippen LogP) is 4.16. The van der Waals surface area contributed by atoms with Crippen LogP contribution in [0.5, 0.6) is 0 Å². The summed E-state index contributed by atoms with van der Waals surface area (Å²) in [7, 11) is 0. The Labute approximate surface area is 170 Å². The van der Waals surface area contributed by atoms with E-state index < -0.39 is 0 Å². The van der Waals surface area contributed by atoms with Crippen LogP contribution in [0.25, 0.3) is 16.4 Å². The third-order valence-electron chi connectivity index (χ3n) is 5.91. The summed E-state index contributed by atoms with van der Waals surface area (Å²) >= 11 is 0. The van der Waals surface area contributed by atoms with E-state index in [9.17, 15) is 0 Å². The van der Waals surface area contributed by atoms with Crippen molar-refractivity contribution in [3.8, 4) is 0 Å². The number of rotatable bonds is 2. The Morgan fingerprint density at radius 3 is 2.66 bits per heavy atom. The second kappa shape index (κ2) is 6.44. The molecule has 148 valence electrons. The first-order valence-electron chi connectivity index (χ1n) is 10.2. The van der Waals surface area contributed by atoms with Gasteiger partial charge in [0.15, 0.2) is 17.3 Å². The largest absolute Gasteiger partial charge is 0.399 e. The summed E-state index contributed by atoms with van der Waals surface area (Å²) in [6, 6.07) is 10.7. The number of aryl methyl sites for hydroxylation is 2. The Morgan fingerprint density at radius 1 is 1.03 bits per heavy atom. The lowest BCUT2D eigenvalue weighted by molar-refractivity contribution is 0.687. The first-order chi connectivity index (χ1) is 13.9. The summed E-state index contributed by atoms with van der Waals surface area (Å²) in [5.41, 5.74) is 13.0. The van der Waals surface area contributed by atoms with Crippen molar-refractivity contribution in [1.82, 2.24) is 19.8 Å². The van der Waals surface area contributed by atoms with Crippen molar-refractivity contribution >= 4 is 27.9 Å². The van der Waals surface area contributed by atoms with Gasteiger partial charge in [0, 0.05) is 35.5 Å². The lowest BCUT2D eigenvalue weighted by Gasteiger charge is -2.31. The fourth-order valence-electron chi connectivity index (χ4n) is 4.47. The normalized spacial score (nSPS) is 14.2. The first kappa shape index (κ1) is 17.9. The van der Waals surface area contributed by atoms with Crippen LogP contribution in [-0.2, 0) is 13.0 Å². The number of aromatic nitrogens is 4. The van der Waals surface area contributed by atoms with Crippen LogP contribution in [0.1, 0.15) is 47.8 Å². The van der Waals surface area contributed by atoms with E-state index in [1.54, 1.807) is 0 Å². The molecule has 4 aromatic rings. The van der Waals surface area contributed by atoms with Crippen molar-refractivity contribution in [2.24, 2.45) is 0 Å². The minimum atomic E-state index is 0.247. The van der Waals surface area contributed by atoms with Crippen molar-refractivity contribution in [3.63, 3.8) is 0 Å². The molecule has 0 bridgehead atoms. The number of anilines is 2. The molecule has 0 radical (unpaired) electrons. The molecule has 2 N–H and O–H groups in total. The molecule has 3 heterocycles. The van der Waals surface area contributed by atoms with Crippen LogP contribution in [-0.4, -0.2) is 26.4 Å². The molecule has 0 atom stereocenters. The highest BCUT2D eigenvalue weighted by atomic mass is 15.4. The van der Waals surface area contributed by atoms with Crippen molar-refractivity contribution in [3.05, 3.63) is 58.4 Å². The Morgan fingerprint density at radius 2 is 1.86 bits per heavy atom. The van der Waals surface area contributed by atoms with E-state index in [1.807, 2.05) is 4.52 Å². The number of hydrogen-bond acceptors (Lipinski definition) is 5. The van der Waals surface area contributed by atoms with Gasteiger partial charge in [-0.05, 0) is 55.2 Å². The van der Waals surface area contributed by atoms with Gasteiger partial charge in [0.25, 0.3) is 0 Å². The van der Waals surface area contributed by atoms with Gasteiger partial charge in [0.2, 0.25) is 0 Å². The van der Waals surface area contributed by atoms with E-state index in [-0.39, 0.29) is 5.92 Å². The van der Waals surface area contributed by atoms with Gasteiger partial charge in [-0.15, -0.1) is 15.3 Å². The van der Waals surface area contributed by atoms with Gasteiger partial charge in [0.1, 0.15) is 0 Å². The molecule has 0 unspecified atom stereocenters. The molecular formula is C23H26N6. The van der Waals surface area contributed by atoms with Crippen molar-refractivity contribution in [1.29, 1.82) is 0 Å². The van der Waals surface area contributed by atoms with Gasteiger partial charge in [-0.2, -0.15) is 4.52 Å². The predicted molar refractivity (Wildman–Crippen MR) is 117 cm³/mol. The molecule has 29 heavy (non-hydrogen) atoms. The van der Waals surface area contributed by atoms with Crippen LogP contribution < -0.4 is 10.6 Å². The standard InChI is InChI=1S/C23H26N6/c1-13(2)21-25-26-22-20-9-14(3)5-6-19(20)23(27-29(21)22)28-8-7-18-15(4)10-17(24)11-16(18)12-28/h5-6,9-11,13H,7-8,12,24H2,1-4H3. The maximum atomic E-state index is 6.13. The molecule has 1 aliphatic heterocycles. The number of hydrogen-bond donors (Lipinski definition) is 1. The lowest BCUT2D eigenvalue weighted by Crippen LogP contribution is -2.32. The minimum absolute atomic E-state index is 0.247. The fourth-order valence-corrected chi connectivity index (χ4v) is 4.47. The summed E-state index contributed by atoms with van der Waals surface area (Å²) in [5, 5.41) is 16.2. The van der Waals surface area contributed by atoms with Crippen LogP contribution in [0.15, 0.2) is 30.3 Å². The summed E-state index contributed by atoms with van der Waals surface area (Å²) in [6.45, 7) is 10.2. The van der Waals surface area contributed by atoms with E-state index in [2.05, 4.69) is 73.1 Å². The number of benzene rings is 2. The van der Waals surface area contributed by atoms with E-state index in [1.165, 1.54) is 22.3 Å². The van der Waals surface area contributed by atoms with Crippen LogP contribution >= 0.6 is 0 Å². The monoisotopic (exact) mass is 386 g/mol. The summed E-state index contributed by atoms with van der Waals surface area (Å²) in [5.74, 6) is 2.12. The molecular weight excluding hydrogens is 360 g/mol. The molecule has 6 heteroatoms. The lowest BCUT2D eigenvalue weighted by atomic mass is 9.94. The summed E-state index contributed by atoms with van der Waals surface area (Å²) in [6.07, 6.45) is 0.994. The molecule has 1 aliphatic rings. The fraction of sp³-hybridized carbons (Fsp3) is 0.348. The maximum Gasteiger partial charge on any atom is 0.185 e. The van der Waals surface area contributed by atoms with Gasteiger partial charge < -0.3 is 10.6 Å². The molecule has 0 saturated heterocycles. The Bertz CT molecular complexity index is 1250. The molecule has 2 aromatic carbocycles. The SMILES string of the molecule is Cc1ccc2c(N3CCc4c(C)cc(N)cc4C3)nn3c(C(C)C)nnc3c2c1. The second-order valence-corrected chi connectivity index (χ2v) is 8.47. The Balaban J connectivity index is 1.72. The maximum absolute atomic E-state index is 6.13. The van der Waals surface area contributed by atoms with Crippen molar-refractivity contribution in [2.75, 3.05) is 17.2 Å². The van der Waals surface area contributed by atoms with Gasteiger partial charge in [-0.1, -0.05) is 31.5 Å².